The number of alkyl carbamates (subject to hydrolysis) is 1. The Kier molecular flexibility index (Phi) is 11.2. The Morgan fingerprint density at radius 1 is 1.26 bits per heavy atom. The van der Waals surface area contributed by atoms with E-state index in [2.05, 4.69) is 27.6 Å². The summed E-state index contributed by atoms with van der Waals surface area (Å²) in [4.78, 5) is 11.3. The third kappa shape index (κ3) is 6.51. The molecule has 172 valence electrons. The number of allylic oxidation sites excluding steroid dienone is 3. The topological polar surface area (TPSA) is 55.7 Å². The first-order chi connectivity index (χ1) is 15.0. The van der Waals surface area contributed by atoms with Crippen LogP contribution in [0.1, 0.15) is 46.2 Å². The molecule has 0 unspecified atom stereocenters. The summed E-state index contributed by atoms with van der Waals surface area (Å²) < 4.78 is 26.8. The van der Waals surface area contributed by atoms with E-state index in [1.807, 2.05) is 51.1 Å². The summed E-state index contributed by atoms with van der Waals surface area (Å²) in [5.74, 6) is 0.680. The van der Waals surface area contributed by atoms with E-state index < -0.39 is 6.09 Å². The molecule has 0 saturated carbocycles. The zero-order chi connectivity index (χ0) is 23.4. The maximum atomic E-state index is 14.7. The number of hydrogen-bond donors (Lipinski definition) is 1. The summed E-state index contributed by atoms with van der Waals surface area (Å²) in [5, 5.41) is 4.07. The van der Waals surface area contributed by atoms with E-state index in [-0.39, 0.29) is 0 Å². The van der Waals surface area contributed by atoms with Gasteiger partial charge >= 0.3 is 6.09 Å². The number of carbonyl (C=O) groups is 1. The smallest absolute Gasteiger partial charge is 0.407 e. The van der Waals surface area contributed by atoms with E-state index >= 15 is 0 Å². The number of ether oxygens (including phenoxy) is 2. The molecule has 1 heterocycles. The molecule has 0 aliphatic rings. The Bertz CT molecular complexity index is 901. The zero-order valence-corrected chi connectivity index (χ0v) is 19.8. The van der Waals surface area contributed by atoms with Crippen LogP contribution in [0.4, 0.5) is 15.0 Å². The average Bonchev–Trinajstić information content (AvgIpc) is 3.10. The van der Waals surface area contributed by atoms with Gasteiger partial charge in [0.2, 0.25) is 0 Å². The number of nitrogens with zero attached hydrogens (tertiary/aromatic N) is 2. The molecule has 0 atom stereocenters. The van der Waals surface area contributed by atoms with Crippen molar-refractivity contribution in [3.05, 3.63) is 42.1 Å². The summed E-state index contributed by atoms with van der Waals surface area (Å²) in [7, 11) is 4.33. The number of anilines is 1. The molecule has 0 bridgehead atoms. The SMILES string of the molecule is CC.CC/C=C(\C=C/CNC(=O)OC)c1c(N(C)F)c2cc(OC)ccc2n1CCC. The van der Waals surface area contributed by atoms with Crippen molar-refractivity contribution in [2.75, 3.05) is 32.9 Å². The highest BCUT2D eigenvalue weighted by molar-refractivity contribution is 6.02. The molecule has 2 rings (SSSR count). The number of nitrogens with one attached hydrogen (secondary N) is 1. The van der Waals surface area contributed by atoms with Crippen LogP contribution in [0.5, 0.6) is 5.75 Å². The van der Waals surface area contributed by atoms with E-state index in [9.17, 15) is 9.28 Å². The minimum Gasteiger partial charge on any atom is -0.497 e. The average molecular weight is 434 g/mol. The summed E-state index contributed by atoms with van der Waals surface area (Å²) in [6, 6.07) is 5.72. The minimum absolute atomic E-state index is 0.316. The van der Waals surface area contributed by atoms with Gasteiger partial charge in [0.15, 0.2) is 0 Å². The molecule has 1 aromatic heterocycles. The van der Waals surface area contributed by atoms with Crippen molar-refractivity contribution in [3.63, 3.8) is 0 Å². The summed E-state index contributed by atoms with van der Waals surface area (Å²) >= 11 is 0. The lowest BCUT2D eigenvalue weighted by Crippen LogP contribution is -2.22. The summed E-state index contributed by atoms with van der Waals surface area (Å²) in [6.45, 7) is 9.20. The Balaban J connectivity index is 0.00000233. The molecular weight excluding hydrogens is 397 g/mol. The predicted molar refractivity (Wildman–Crippen MR) is 127 cm³/mol. The van der Waals surface area contributed by atoms with Crippen molar-refractivity contribution in [2.45, 2.75) is 47.1 Å². The van der Waals surface area contributed by atoms with Crippen LogP contribution in [0.3, 0.4) is 0 Å². The highest BCUT2D eigenvalue weighted by Crippen LogP contribution is 2.40. The molecule has 31 heavy (non-hydrogen) atoms. The van der Waals surface area contributed by atoms with Crippen molar-refractivity contribution in [1.29, 1.82) is 0 Å². The highest BCUT2D eigenvalue weighted by Gasteiger charge is 2.22. The third-order valence-electron chi connectivity index (χ3n) is 4.54. The Morgan fingerprint density at radius 3 is 2.52 bits per heavy atom. The fourth-order valence-corrected chi connectivity index (χ4v) is 3.37. The van der Waals surface area contributed by atoms with Gasteiger partial charge in [-0.3, -0.25) is 0 Å². The molecule has 7 heteroatoms. The van der Waals surface area contributed by atoms with E-state index in [1.165, 1.54) is 14.2 Å². The second kappa shape index (κ2) is 13.4. The van der Waals surface area contributed by atoms with Gasteiger partial charge < -0.3 is 19.4 Å². The number of halogens is 1. The first-order valence-electron chi connectivity index (χ1n) is 10.8. The number of fused-ring (bicyclic) bond motifs is 1. The largest absolute Gasteiger partial charge is 0.497 e. The lowest BCUT2D eigenvalue weighted by molar-refractivity contribution is 0.172. The van der Waals surface area contributed by atoms with Crippen LogP contribution < -0.4 is 15.2 Å². The lowest BCUT2D eigenvalue weighted by atomic mass is 10.1. The number of aromatic nitrogens is 1. The molecule has 0 saturated heterocycles. The molecule has 0 spiro atoms. The van der Waals surface area contributed by atoms with Crippen LogP contribution in [0.25, 0.3) is 16.5 Å². The maximum absolute atomic E-state index is 14.7. The van der Waals surface area contributed by atoms with Crippen molar-refractivity contribution < 1.29 is 18.7 Å². The molecule has 0 radical (unpaired) electrons. The van der Waals surface area contributed by atoms with Gasteiger partial charge in [-0.05, 0) is 36.6 Å². The summed E-state index contributed by atoms with van der Waals surface area (Å²) in [6.07, 6.45) is 6.99. The van der Waals surface area contributed by atoms with Gasteiger partial charge in [0.05, 0.1) is 25.4 Å². The molecule has 0 aliphatic heterocycles. The van der Waals surface area contributed by atoms with E-state index in [1.54, 1.807) is 7.11 Å². The van der Waals surface area contributed by atoms with E-state index in [4.69, 9.17) is 4.74 Å². The highest BCUT2D eigenvalue weighted by atomic mass is 19.2. The monoisotopic (exact) mass is 433 g/mol. The quantitative estimate of drug-likeness (QED) is 0.383. The van der Waals surface area contributed by atoms with Gasteiger partial charge in [-0.15, -0.1) is 4.48 Å². The fraction of sp³-hybridized carbons (Fsp3) is 0.458. The second-order valence-corrected chi connectivity index (χ2v) is 6.55. The Morgan fingerprint density at radius 2 is 1.97 bits per heavy atom. The van der Waals surface area contributed by atoms with Crippen molar-refractivity contribution >= 4 is 28.3 Å². The number of aryl methyl sites for hydroxylation is 1. The van der Waals surface area contributed by atoms with Gasteiger partial charge in [-0.2, -0.15) is 0 Å². The van der Waals surface area contributed by atoms with E-state index in [0.29, 0.717) is 23.1 Å². The molecule has 1 aromatic carbocycles. The molecule has 0 aliphatic carbocycles. The Labute approximate surface area is 185 Å². The van der Waals surface area contributed by atoms with Gasteiger partial charge in [0.25, 0.3) is 0 Å². The number of amides is 1. The molecule has 0 fully saturated rings. The van der Waals surface area contributed by atoms with Crippen molar-refractivity contribution in [3.8, 4) is 5.75 Å². The van der Waals surface area contributed by atoms with Gasteiger partial charge in [0, 0.05) is 25.5 Å². The van der Waals surface area contributed by atoms with E-state index in [0.717, 1.165) is 41.6 Å². The van der Waals surface area contributed by atoms with Crippen LogP contribution in [0, 0.1) is 0 Å². The number of benzene rings is 1. The molecule has 1 amide bonds. The Hall–Kier alpha value is -2.96. The van der Waals surface area contributed by atoms with Crippen molar-refractivity contribution in [1.82, 2.24) is 9.88 Å². The number of carbonyl (C=O) groups excluding carboxylic acids is 1. The normalized spacial score (nSPS) is 11.3. The minimum atomic E-state index is -0.493. The third-order valence-corrected chi connectivity index (χ3v) is 4.54. The second-order valence-electron chi connectivity index (χ2n) is 6.55. The fourth-order valence-electron chi connectivity index (χ4n) is 3.37. The molecule has 6 nitrogen and oxygen atoms in total. The molecular formula is C24H36FN3O3. The van der Waals surface area contributed by atoms with Crippen LogP contribution in [-0.2, 0) is 11.3 Å². The van der Waals surface area contributed by atoms with Crippen LogP contribution in [-0.4, -0.2) is 38.5 Å². The van der Waals surface area contributed by atoms with Crippen molar-refractivity contribution in [2.24, 2.45) is 0 Å². The zero-order valence-electron chi connectivity index (χ0n) is 19.8. The van der Waals surface area contributed by atoms with Gasteiger partial charge in [-0.25, -0.2) is 9.92 Å². The van der Waals surface area contributed by atoms with Gasteiger partial charge in [0.1, 0.15) is 11.4 Å². The molecule has 2 aromatic rings. The lowest BCUT2D eigenvalue weighted by Gasteiger charge is -2.15. The molecule has 1 N–H and O–H groups in total. The first-order valence-corrected chi connectivity index (χ1v) is 10.8. The standard InChI is InChI=1S/C22H30FN3O3.C2H6/c1-6-9-16(10-8-13-24-22(27)29-5)20-21(25(3)23)18-15-17(28-4)11-12-19(18)26(20)14-7-2;1-2/h8-12,15H,6-7,13-14H2,1-5H3,(H,24,27);1-2H3/b10-8-,16-9+;. The van der Waals surface area contributed by atoms with Crippen LogP contribution in [0.15, 0.2) is 36.4 Å². The summed E-state index contributed by atoms with van der Waals surface area (Å²) in [5.41, 5.74) is 3.14. The number of rotatable bonds is 9. The number of methoxy groups -OCH3 is 2. The number of hydrogen-bond acceptors (Lipinski definition) is 4. The van der Waals surface area contributed by atoms with Gasteiger partial charge in [-0.1, -0.05) is 45.9 Å². The first kappa shape index (κ1) is 26.1. The predicted octanol–water partition coefficient (Wildman–Crippen LogP) is 6.11. The van der Waals surface area contributed by atoms with Crippen LogP contribution >= 0.6 is 0 Å². The van der Waals surface area contributed by atoms with Crippen LogP contribution in [0.2, 0.25) is 0 Å². The maximum Gasteiger partial charge on any atom is 0.407 e.